The number of benzene rings is 1. The Labute approximate surface area is 106 Å². The smallest absolute Gasteiger partial charge is 0.118 e. The van der Waals surface area contributed by atoms with Gasteiger partial charge in [-0.25, -0.2) is 0 Å². The highest BCUT2D eigenvalue weighted by Gasteiger charge is 2.40. The molecular formula is C14H16N2S. The second-order valence-corrected chi connectivity index (χ2v) is 5.55. The Morgan fingerprint density at radius 2 is 2.00 bits per heavy atom. The molecule has 1 heterocycles. The predicted molar refractivity (Wildman–Crippen MR) is 71.6 cm³/mol. The Morgan fingerprint density at radius 1 is 1.24 bits per heavy atom. The number of nitrogens with zero attached hydrogens (tertiary/aromatic N) is 1. The highest BCUT2D eigenvalue weighted by molar-refractivity contribution is 7.98. The van der Waals surface area contributed by atoms with Gasteiger partial charge in [-0.15, -0.1) is 11.8 Å². The Hall–Kier alpha value is -1.22. The molecule has 88 valence electrons. The lowest BCUT2D eigenvalue weighted by molar-refractivity contribution is 0.915. The Kier molecular flexibility index (Phi) is 2.71. The molecule has 1 fully saturated rings. The topological polar surface area (TPSA) is 28.7 Å². The maximum absolute atomic E-state index is 4.28. The number of aromatic amines is 1. The van der Waals surface area contributed by atoms with E-state index in [9.17, 15) is 0 Å². The number of H-pyrrole nitrogens is 1. The van der Waals surface area contributed by atoms with Crippen LogP contribution in [0.4, 0.5) is 0 Å². The largest absolute Gasteiger partial charge is 0.281 e. The lowest BCUT2D eigenvalue weighted by Gasteiger charge is -1.99. The lowest BCUT2D eigenvalue weighted by Crippen LogP contribution is -1.85. The third-order valence-electron chi connectivity index (χ3n) is 3.48. The van der Waals surface area contributed by atoms with E-state index >= 15 is 0 Å². The fourth-order valence-electron chi connectivity index (χ4n) is 2.33. The summed E-state index contributed by atoms with van der Waals surface area (Å²) in [7, 11) is 0. The molecule has 3 rings (SSSR count). The van der Waals surface area contributed by atoms with E-state index in [4.69, 9.17) is 0 Å². The van der Waals surface area contributed by atoms with Gasteiger partial charge in [0.2, 0.25) is 0 Å². The summed E-state index contributed by atoms with van der Waals surface area (Å²) in [5.41, 5.74) is 4.08. The number of aromatic nitrogens is 2. The third kappa shape index (κ3) is 2.12. The Bertz CT molecular complexity index is 515. The van der Waals surface area contributed by atoms with Crippen LogP contribution >= 0.6 is 11.8 Å². The molecule has 0 saturated heterocycles. The van der Waals surface area contributed by atoms with Crippen molar-refractivity contribution >= 4 is 11.8 Å². The van der Waals surface area contributed by atoms with E-state index in [-0.39, 0.29) is 0 Å². The van der Waals surface area contributed by atoms with Crippen LogP contribution in [-0.2, 0) is 0 Å². The van der Waals surface area contributed by atoms with Gasteiger partial charge in [0.25, 0.3) is 0 Å². The fraction of sp³-hybridized carbons (Fsp3) is 0.357. The van der Waals surface area contributed by atoms with E-state index in [2.05, 4.69) is 53.7 Å². The summed E-state index contributed by atoms with van der Waals surface area (Å²) in [5.74, 6) is 1.33. The zero-order valence-corrected chi connectivity index (χ0v) is 10.9. The number of rotatable bonds is 3. The number of nitrogens with one attached hydrogen (secondary N) is 1. The van der Waals surface area contributed by atoms with Gasteiger partial charge in [-0.1, -0.05) is 29.8 Å². The molecule has 3 heteroatoms. The normalized spacial score (nSPS) is 22.7. The van der Waals surface area contributed by atoms with E-state index in [0.717, 1.165) is 5.03 Å². The number of aryl methyl sites for hydroxylation is 1. The molecule has 2 aromatic rings. The van der Waals surface area contributed by atoms with Crippen molar-refractivity contribution < 1.29 is 0 Å². The molecular weight excluding hydrogens is 228 g/mol. The summed E-state index contributed by atoms with van der Waals surface area (Å²) in [6, 6.07) is 11.1. The molecule has 1 N–H and O–H groups in total. The zero-order chi connectivity index (χ0) is 11.8. The monoisotopic (exact) mass is 244 g/mol. The molecule has 1 aromatic carbocycles. The first-order chi connectivity index (χ1) is 8.28. The van der Waals surface area contributed by atoms with Gasteiger partial charge >= 0.3 is 0 Å². The van der Waals surface area contributed by atoms with Crippen molar-refractivity contribution in [3.63, 3.8) is 0 Å². The second-order valence-electron chi connectivity index (χ2n) is 4.73. The highest BCUT2D eigenvalue weighted by atomic mass is 32.2. The molecule has 0 spiro atoms. The summed E-state index contributed by atoms with van der Waals surface area (Å²) < 4.78 is 0. The van der Waals surface area contributed by atoms with Crippen molar-refractivity contribution in [1.29, 1.82) is 0 Å². The maximum atomic E-state index is 4.28. The number of thioether (sulfide) groups is 1. The van der Waals surface area contributed by atoms with E-state index in [1.54, 1.807) is 11.8 Å². The maximum Gasteiger partial charge on any atom is 0.118 e. The number of hydrogen-bond acceptors (Lipinski definition) is 2. The summed E-state index contributed by atoms with van der Waals surface area (Å²) in [5, 5.41) is 8.53. The van der Waals surface area contributed by atoms with Crippen LogP contribution in [0.15, 0.2) is 35.4 Å². The van der Waals surface area contributed by atoms with Crippen molar-refractivity contribution in [2.75, 3.05) is 6.26 Å². The molecule has 1 aliphatic rings. The van der Waals surface area contributed by atoms with Gasteiger partial charge in [0.1, 0.15) is 5.03 Å². The first-order valence-corrected chi connectivity index (χ1v) is 7.16. The molecule has 1 aromatic heterocycles. The quantitative estimate of drug-likeness (QED) is 0.834. The molecule has 2 atom stereocenters. The van der Waals surface area contributed by atoms with Gasteiger partial charge < -0.3 is 0 Å². The standard InChI is InChI=1S/C14H16N2S/c1-9-3-5-10(6-4-9)11-7-12(11)13-8-14(17-2)16-15-13/h3-6,8,11-12H,7H2,1-2H3,(H,15,16). The molecule has 1 aliphatic carbocycles. The molecule has 0 bridgehead atoms. The van der Waals surface area contributed by atoms with E-state index in [1.165, 1.54) is 23.2 Å². The molecule has 17 heavy (non-hydrogen) atoms. The SMILES string of the molecule is CSc1cc(C2CC2c2ccc(C)cc2)[nH]n1. The van der Waals surface area contributed by atoms with Crippen LogP contribution in [0, 0.1) is 6.92 Å². The summed E-state index contributed by atoms with van der Waals surface area (Å²) in [4.78, 5) is 0. The molecule has 0 amide bonds. The van der Waals surface area contributed by atoms with Crippen LogP contribution in [0.2, 0.25) is 0 Å². The Morgan fingerprint density at radius 3 is 2.65 bits per heavy atom. The number of hydrogen-bond donors (Lipinski definition) is 1. The minimum absolute atomic E-state index is 0.645. The first kappa shape index (κ1) is 10.9. The van der Waals surface area contributed by atoms with Gasteiger partial charge in [-0.05, 0) is 37.1 Å². The second kappa shape index (κ2) is 4.22. The molecule has 2 nitrogen and oxygen atoms in total. The third-order valence-corrected chi connectivity index (χ3v) is 4.11. The van der Waals surface area contributed by atoms with Crippen LogP contribution in [0.5, 0.6) is 0 Å². The van der Waals surface area contributed by atoms with Crippen molar-refractivity contribution in [3.8, 4) is 0 Å². The van der Waals surface area contributed by atoms with Crippen molar-refractivity contribution in [2.45, 2.75) is 30.2 Å². The van der Waals surface area contributed by atoms with Gasteiger partial charge in [0, 0.05) is 11.6 Å². The summed E-state index contributed by atoms with van der Waals surface area (Å²) in [6.07, 6.45) is 3.31. The van der Waals surface area contributed by atoms with Crippen LogP contribution in [0.3, 0.4) is 0 Å². The van der Waals surface area contributed by atoms with Crippen LogP contribution in [0.25, 0.3) is 0 Å². The van der Waals surface area contributed by atoms with Crippen molar-refractivity contribution in [2.24, 2.45) is 0 Å². The summed E-state index contributed by atoms with van der Waals surface area (Å²) >= 11 is 1.69. The van der Waals surface area contributed by atoms with Crippen LogP contribution < -0.4 is 0 Å². The Balaban J connectivity index is 1.75. The van der Waals surface area contributed by atoms with E-state index in [1.807, 2.05) is 0 Å². The first-order valence-electron chi connectivity index (χ1n) is 5.94. The van der Waals surface area contributed by atoms with Crippen LogP contribution in [0.1, 0.15) is 35.1 Å². The molecule has 0 radical (unpaired) electrons. The minimum Gasteiger partial charge on any atom is -0.281 e. The average Bonchev–Trinajstić information content (AvgIpc) is 3.00. The van der Waals surface area contributed by atoms with Gasteiger partial charge in [-0.2, -0.15) is 5.10 Å². The van der Waals surface area contributed by atoms with Crippen LogP contribution in [-0.4, -0.2) is 16.5 Å². The van der Waals surface area contributed by atoms with Gasteiger partial charge in [0.15, 0.2) is 0 Å². The summed E-state index contributed by atoms with van der Waals surface area (Å²) in [6.45, 7) is 2.13. The minimum atomic E-state index is 0.645. The fourth-order valence-corrected chi connectivity index (χ4v) is 2.71. The van der Waals surface area contributed by atoms with Crippen molar-refractivity contribution in [1.82, 2.24) is 10.2 Å². The lowest BCUT2D eigenvalue weighted by atomic mass is 10.1. The predicted octanol–water partition coefficient (Wildman–Crippen LogP) is 3.71. The van der Waals surface area contributed by atoms with Gasteiger partial charge in [-0.3, -0.25) is 5.10 Å². The van der Waals surface area contributed by atoms with E-state index in [0.29, 0.717) is 11.8 Å². The van der Waals surface area contributed by atoms with Gasteiger partial charge in [0.05, 0.1) is 0 Å². The zero-order valence-electron chi connectivity index (χ0n) is 10.1. The highest BCUT2D eigenvalue weighted by Crippen LogP contribution is 2.54. The van der Waals surface area contributed by atoms with E-state index < -0.39 is 0 Å². The molecule has 1 saturated carbocycles. The average molecular weight is 244 g/mol. The molecule has 0 aliphatic heterocycles. The molecule has 2 unspecified atom stereocenters. The van der Waals surface area contributed by atoms with Crippen molar-refractivity contribution in [3.05, 3.63) is 47.2 Å².